The summed E-state index contributed by atoms with van der Waals surface area (Å²) < 4.78 is 68.6. The number of unbranched alkanes of at least 4 members (excludes halogenated alkanes) is 53. The van der Waals surface area contributed by atoms with Crippen molar-refractivity contribution in [1.82, 2.24) is 0 Å². The number of hydrogen-bond donors (Lipinski definition) is 3. The highest BCUT2D eigenvalue weighted by Crippen LogP contribution is 2.45. The fourth-order valence-electron chi connectivity index (χ4n) is 12.1. The van der Waals surface area contributed by atoms with E-state index in [0.29, 0.717) is 25.7 Å². The lowest BCUT2D eigenvalue weighted by Gasteiger charge is -2.21. The number of rotatable bonds is 79. The Kier molecular flexibility index (Phi) is 71.0. The van der Waals surface area contributed by atoms with Gasteiger partial charge in [-0.2, -0.15) is 0 Å². The van der Waals surface area contributed by atoms with E-state index in [1.807, 2.05) is 0 Å². The number of ether oxygens (including phenoxy) is 4. The van der Waals surface area contributed by atoms with E-state index in [9.17, 15) is 43.2 Å². The number of hydrogen-bond acceptors (Lipinski definition) is 15. The average molecular weight is 1420 g/mol. The minimum Gasteiger partial charge on any atom is -0.462 e. The molecule has 0 amide bonds. The number of carbonyl (C=O) groups is 4. The van der Waals surface area contributed by atoms with Gasteiger partial charge in [0.15, 0.2) is 12.2 Å². The lowest BCUT2D eigenvalue weighted by molar-refractivity contribution is -0.161. The number of aliphatic hydroxyl groups is 1. The van der Waals surface area contributed by atoms with E-state index in [2.05, 4.69) is 27.7 Å². The average Bonchev–Trinajstić information content (AvgIpc) is 3.03. The largest absolute Gasteiger partial charge is 0.472 e. The second kappa shape index (κ2) is 72.4. The Hall–Kier alpha value is -1.94. The maximum atomic E-state index is 13.1. The van der Waals surface area contributed by atoms with Crippen LogP contribution in [-0.2, 0) is 65.4 Å². The van der Waals surface area contributed by atoms with Crippen LogP contribution in [0.15, 0.2) is 0 Å². The molecule has 19 heteroatoms. The van der Waals surface area contributed by atoms with Gasteiger partial charge in [0.05, 0.1) is 26.4 Å². The molecule has 2 unspecified atom stereocenters. The van der Waals surface area contributed by atoms with Crippen molar-refractivity contribution in [2.24, 2.45) is 0 Å². The van der Waals surface area contributed by atoms with E-state index < -0.39 is 97.5 Å². The molecule has 0 aromatic carbocycles. The lowest BCUT2D eigenvalue weighted by atomic mass is 10.0. The van der Waals surface area contributed by atoms with Crippen LogP contribution in [0.5, 0.6) is 0 Å². The Morgan fingerprint density at radius 1 is 0.247 bits per heavy atom. The molecular weight excluding hydrogens is 1270 g/mol. The number of phosphoric ester groups is 2. The summed E-state index contributed by atoms with van der Waals surface area (Å²) in [5.41, 5.74) is 0. The fourth-order valence-corrected chi connectivity index (χ4v) is 13.7. The van der Waals surface area contributed by atoms with Gasteiger partial charge in [0.25, 0.3) is 0 Å². The number of carbonyl (C=O) groups excluding carboxylic acids is 4. The molecule has 3 N–H and O–H groups in total. The monoisotopic (exact) mass is 1420 g/mol. The molecule has 0 aromatic heterocycles. The molecule has 0 rings (SSSR count). The Balaban J connectivity index is 5.22. The fraction of sp³-hybridized carbons (Fsp3) is 0.949. The van der Waals surface area contributed by atoms with Crippen LogP contribution in [0, 0.1) is 0 Å². The highest BCUT2D eigenvalue weighted by Gasteiger charge is 2.30. The summed E-state index contributed by atoms with van der Waals surface area (Å²) in [5.74, 6) is -2.11. The van der Waals surface area contributed by atoms with Gasteiger partial charge in [-0.15, -0.1) is 0 Å². The molecule has 0 aliphatic rings. The topological polar surface area (TPSA) is 237 Å². The summed E-state index contributed by atoms with van der Waals surface area (Å²) in [7, 11) is -9.91. The van der Waals surface area contributed by atoms with E-state index in [0.717, 1.165) is 89.9 Å². The molecule has 97 heavy (non-hydrogen) atoms. The Morgan fingerprint density at radius 2 is 0.412 bits per heavy atom. The van der Waals surface area contributed by atoms with Crippen LogP contribution in [0.1, 0.15) is 419 Å². The van der Waals surface area contributed by atoms with Gasteiger partial charge in [-0.05, 0) is 25.7 Å². The number of esters is 4. The third-order valence-electron chi connectivity index (χ3n) is 18.4. The first-order valence-electron chi connectivity index (χ1n) is 40.8. The van der Waals surface area contributed by atoms with Crippen LogP contribution in [0.25, 0.3) is 0 Å². The predicted octanol–water partition coefficient (Wildman–Crippen LogP) is 23.4. The third kappa shape index (κ3) is 72.2. The van der Waals surface area contributed by atoms with Crippen molar-refractivity contribution in [3.8, 4) is 0 Å². The first-order chi connectivity index (χ1) is 47.2. The summed E-state index contributed by atoms with van der Waals surface area (Å²) in [5, 5.41) is 10.6. The van der Waals surface area contributed by atoms with Gasteiger partial charge in [0.1, 0.15) is 19.3 Å². The zero-order valence-corrected chi connectivity index (χ0v) is 64.8. The zero-order chi connectivity index (χ0) is 71.1. The lowest BCUT2D eigenvalue weighted by Crippen LogP contribution is -2.30. The molecule has 17 nitrogen and oxygen atoms in total. The maximum absolute atomic E-state index is 13.1. The van der Waals surface area contributed by atoms with Crippen molar-refractivity contribution in [3.05, 3.63) is 0 Å². The molecule has 0 aliphatic carbocycles. The van der Waals surface area contributed by atoms with Gasteiger partial charge in [0.2, 0.25) is 0 Å². The van der Waals surface area contributed by atoms with E-state index in [-0.39, 0.29) is 25.7 Å². The molecular formula is C78H152O17P2. The van der Waals surface area contributed by atoms with E-state index in [4.69, 9.17) is 37.0 Å². The maximum Gasteiger partial charge on any atom is 0.472 e. The van der Waals surface area contributed by atoms with Gasteiger partial charge in [-0.3, -0.25) is 37.3 Å². The number of phosphoric acid groups is 2. The van der Waals surface area contributed by atoms with Crippen LogP contribution < -0.4 is 0 Å². The van der Waals surface area contributed by atoms with Crippen LogP contribution in [0.3, 0.4) is 0 Å². The first kappa shape index (κ1) is 95.1. The zero-order valence-electron chi connectivity index (χ0n) is 63.1. The summed E-state index contributed by atoms with van der Waals surface area (Å²) in [6, 6.07) is 0. The van der Waals surface area contributed by atoms with Crippen molar-refractivity contribution in [1.29, 1.82) is 0 Å². The van der Waals surface area contributed by atoms with E-state index in [1.165, 1.54) is 250 Å². The number of aliphatic hydroxyl groups excluding tert-OH is 1. The second-order valence-electron chi connectivity index (χ2n) is 28.1. The van der Waals surface area contributed by atoms with Crippen LogP contribution in [-0.4, -0.2) is 96.7 Å². The predicted molar refractivity (Wildman–Crippen MR) is 395 cm³/mol. The summed E-state index contributed by atoms with van der Waals surface area (Å²) in [6.07, 6.45) is 63.7. The molecule has 0 aliphatic heterocycles. The van der Waals surface area contributed by atoms with Gasteiger partial charge in [0, 0.05) is 25.7 Å². The third-order valence-corrected chi connectivity index (χ3v) is 20.3. The molecule has 0 spiro atoms. The molecule has 0 saturated carbocycles. The van der Waals surface area contributed by atoms with E-state index >= 15 is 0 Å². The van der Waals surface area contributed by atoms with E-state index in [1.54, 1.807) is 0 Å². The molecule has 0 fully saturated rings. The molecule has 0 bridgehead atoms. The minimum absolute atomic E-state index is 0.108. The Labute approximate surface area is 594 Å². The van der Waals surface area contributed by atoms with Gasteiger partial charge < -0.3 is 33.8 Å². The summed E-state index contributed by atoms with van der Waals surface area (Å²) in [4.78, 5) is 72.9. The highest BCUT2D eigenvalue weighted by molar-refractivity contribution is 7.47. The van der Waals surface area contributed by atoms with Crippen molar-refractivity contribution in [3.63, 3.8) is 0 Å². The highest BCUT2D eigenvalue weighted by atomic mass is 31.2. The van der Waals surface area contributed by atoms with Crippen molar-refractivity contribution >= 4 is 39.5 Å². The normalized spacial score (nSPS) is 13.8. The van der Waals surface area contributed by atoms with Crippen LogP contribution in [0.4, 0.5) is 0 Å². The van der Waals surface area contributed by atoms with Gasteiger partial charge >= 0.3 is 39.5 Å². The molecule has 0 heterocycles. The van der Waals surface area contributed by atoms with Gasteiger partial charge in [-0.1, -0.05) is 368 Å². The standard InChI is InChI=1S/C78H152O17P2/c1-5-9-13-17-21-25-28-31-34-36-38-41-43-47-51-55-59-63-76(81)89-69-74(95-78(83)65-61-57-53-49-45-42-39-37-35-32-29-26-22-18-14-10-6-2)71-93-97(86,87)91-67-72(79)66-90-96(84,85)92-70-73(68-88-75(80)62-58-54-50-46-24-20-16-12-8-4)94-77(82)64-60-56-52-48-44-40-33-30-27-23-19-15-11-7-3/h72-74,79H,5-71H2,1-4H3,(H,84,85)(H,86,87)/t72-,73+,74+/m0/s1. The molecule has 0 radical (unpaired) electrons. The van der Waals surface area contributed by atoms with Crippen molar-refractivity contribution in [2.75, 3.05) is 39.6 Å². The van der Waals surface area contributed by atoms with Crippen LogP contribution >= 0.6 is 15.6 Å². The molecule has 0 saturated heterocycles. The summed E-state index contributed by atoms with van der Waals surface area (Å²) >= 11 is 0. The Morgan fingerprint density at radius 3 is 0.608 bits per heavy atom. The first-order valence-corrected chi connectivity index (χ1v) is 43.8. The van der Waals surface area contributed by atoms with Crippen molar-refractivity contribution < 1.29 is 80.2 Å². The quantitative estimate of drug-likeness (QED) is 0.0222. The second-order valence-corrected chi connectivity index (χ2v) is 31.0. The molecule has 0 aromatic rings. The van der Waals surface area contributed by atoms with Gasteiger partial charge in [-0.25, -0.2) is 9.13 Å². The van der Waals surface area contributed by atoms with Crippen molar-refractivity contribution in [2.45, 2.75) is 438 Å². The summed E-state index contributed by atoms with van der Waals surface area (Å²) in [6.45, 7) is 5.00. The molecule has 576 valence electrons. The smallest absolute Gasteiger partial charge is 0.462 e. The Bertz CT molecular complexity index is 1840. The van der Waals surface area contributed by atoms with Crippen LogP contribution in [0.2, 0.25) is 0 Å². The minimum atomic E-state index is -4.96. The SMILES string of the molecule is CCCCCCCCCCCCCCCCCCCC(=O)OC[C@H](COP(=O)(O)OC[C@@H](O)COP(=O)(O)OC[C@@H](COC(=O)CCCCCCCCCCC)OC(=O)CCCCCCCCCCCCCCCC)OC(=O)CCCCCCCCCCCCCCCCCCC. The molecule has 5 atom stereocenters.